The van der Waals surface area contributed by atoms with E-state index in [9.17, 15) is 9.59 Å². The first-order valence-electron chi connectivity index (χ1n) is 9.29. The molecule has 4 aromatic rings. The third-order valence-electron chi connectivity index (χ3n) is 4.66. The van der Waals surface area contributed by atoms with Crippen molar-refractivity contribution in [1.29, 1.82) is 0 Å². The van der Waals surface area contributed by atoms with Gasteiger partial charge in [0.05, 0.1) is 5.52 Å². The molecule has 6 heteroatoms. The van der Waals surface area contributed by atoms with Crippen molar-refractivity contribution in [2.24, 2.45) is 0 Å². The number of oxazole rings is 1. The van der Waals surface area contributed by atoms with E-state index in [-0.39, 0.29) is 5.91 Å². The largest absolute Gasteiger partial charge is 0.489 e. The van der Waals surface area contributed by atoms with Crippen molar-refractivity contribution in [3.63, 3.8) is 0 Å². The number of anilines is 1. The summed E-state index contributed by atoms with van der Waals surface area (Å²) in [6.45, 7) is 2.14. The maximum absolute atomic E-state index is 12.7. The number of benzene rings is 3. The van der Waals surface area contributed by atoms with Crippen LogP contribution in [0.4, 0.5) is 5.69 Å². The molecule has 0 bridgehead atoms. The van der Waals surface area contributed by atoms with Gasteiger partial charge < -0.3 is 14.5 Å². The fourth-order valence-corrected chi connectivity index (χ4v) is 3.09. The van der Waals surface area contributed by atoms with Crippen LogP contribution in [0, 0.1) is 0 Å². The van der Waals surface area contributed by atoms with Gasteiger partial charge in [-0.15, -0.1) is 0 Å². The van der Waals surface area contributed by atoms with Crippen molar-refractivity contribution < 1.29 is 13.9 Å². The number of hydrogen-bond acceptors (Lipinski definition) is 4. The first-order valence-corrected chi connectivity index (χ1v) is 9.29. The summed E-state index contributed by atoms with van der Waals surface area (Å²) >= 11 is 0. The predicted octanol–water partition coefficient (Wildman–Crippen LogP) is 4.37. The Balaban J connectivity index is 1.42. The lowest BCUT2D eigenvalue weighted by atomic mass is 10.2. The van der Waals surface area contributed by atoms with Crippen LogP contribution in [0.25, 0.3) is 11.1 Å². The van der Waals surface area contributed by atoms with Gasteiger partial charge in [-0.05, 0) is 48.9 Å². The first-order chi connectivity index (χ1) is 14.1. The van der Waals surface area contributed by atoms with Gasteiger partial charge in [0.2, 0.25) is 5.91 Å². The van der Waals surface area contributed by atoms with E-state index in [0.29, 0.717) is 29.1 Å². The van der Waals surface area contributed by atoms with E-state index in [1.807, 2.05) is 30.3 Å². The molecule has 146 valence electrons. The second kappa shape index (κ2) is 8.06. The lowest BCUT2D eigenvalue weighted by Gasteiger charge is -2.13. The number of nitrogens with one attached hydrogen (secondary N) is 1. The highest BCUT2D eigenvalue weighted by atomic mass is 16.5. The SMILES string of the molecule is CC(C(=O)Nc1ccc(OCc2ccccc2)cc1)n1c(=O)oc2ccccc21. The maximum Gasteiger partial charge on any atom is 0.420 e. The molecule has 0 radical (unpaired) electrons. The summed E-state index contributed by atoms with van der Waals surface area (Å²) in [5.41, 5.74) is 2.74. The van der Waals surface area contributed by atoms with Gasteiger partial charge in [0.15, 0.2) is 5.58 Å². The highest BCUT2D eigenvalue weighted by molar-refractivity contribution is 5.94. The van der Waals surface area contributed by atoms with Crippen LogP contribution in [0.2, 0.25) is 0 Å². The van der Waals surface area contributed by atoms with Crippen molar-refractivity contribution in [1.82, 2.24) is 4.57 Å². The number of nitrogens with zero attached hydrogens (tertiary/aromatic N) is 1. The van der Waals surface area contributed by atoms with Crippen LogP contribution in [-0.4, -0.2) is 10.5 Å². The Morgan fingerprint density at radius 1 is 1.00 bits per heavy atom. The molecule has 1 unspecified atom stereocenters. The average molecular weight is 388 g/mol. The predicted molar refractivity (Wildman–Crippen MR) is 111 cm³/mol. The summed E-state index contributed by atoms with van der Waals surface area (Å²) in [6.07, 6.45) is 0. The molecule has 4 rings (SSSR count). The summed E-state index contributed by atoms with van der Waals surface area (Å²) in [7, 11) is 0. The number of carbonyl (C=O) groups is 1. The normalized spacial score (nSPS) is 11.9. The van der Waals surface area contributed by atoms with Crippen molar-refractivity contribution in [2.75, 3.05) is 5.32 Å². The van der Waals surface area contributed by atoms with Gasteiger partial charge in [0.1, 0.15) is 18.4 Å². The minimum absolute atomic E-state index is 0.309. The number of rotatable bonds is 6. The number of fused-ring (bicyclic) bond motifs is 1. The smallest absolute Gasteiger partial charge is 0.420 e. The molecular weight excluding hydrogens is 368 g/mol. The van der Waals surface area contributed by atoms with E-state index >= 15 is 0 Å². The van der Waals surface area contributed by atoms with Crippen LogP contribution in [-0.2, 0) is 11.4 Å². The second-order valence-electron chi connectivity index (χ2n) is 6.67. The Morgan fingerprint density at radius 3 is 2.45 bits per heavy atom. The Kier molecular flexibility index (Phi) is 5.16. The van der Waals surface area contributed by atoms with E-state index in [1.165, 1.54) is 4.57 Å². The zero-order valence-corrected chi connectivity index (χ0v) is 15.9. The molecule has 1 heterocycles. The molecule has 3 aromatic carbocycles. The molecule has 0 saturated carbocycles. The topological polar surface area (TPSA) is 73.5 Å². The van der Waals surface area contributed by atoms with E-state index < -0.39 is 11.8 Å². The van der Waals surface area contributed by atoms with E-state index in [4.69, 9.17) is 9.15 Å². The van der Waals surface area contributed by atoms with E-state index in [1.54, 1.807) is 55.5 Å². The molecule has 29 heavy (non-hydrogen) atoms. The number of para-hydroxylation sites is 2. The molecule has 1 aromatic heterocycles. The maximum atomic E-state index is 12.7. The molecule has 0 aliphatic heterocycles. The second-order valence-corrected chi connectivity index (χ2v) is 6.67. The zero-order valence-electron chi connectivity index (χ0n) is 15.9. The molecule has 1 N–H and O–H groups in total. The number of carbonyl (C=O) groups excluding carboxylic acids is 1. The molecular formula is C23H20N2O4. The number of aromatic nitrogens is 1. The molecule has 6 nitrogen and oxygen atoms in total. The third kappa shape index (κ3) is 4.06. The lowest BCUT2D eigenvalue weighted by molar-refractivity contribution is -0.118. The number of hydrogen-bond donors (Lipinski definition) is 1. The van der Waals surface area contributed by atoms with Crippen LogP contribution >= 0.6 is 0 Å². The number of amides is 1. The lowest BCUT2D eigenvalue weighted by Crippen LogP contribution is -2.29. The Hall–Kier alpha value is -3.80. The van der Waals surface area contributed by atoms with Gasteiger partial charge >= 0.3 is 5.76 Å². The molecule has 0 aliphatic rings. The molecule has 1 atom stereocenters. The number of ether oxygens (including phenoxy) is 1. The summed E-state index contributed by atoms with van der Waals surface area (Å²) in [5, 5.41) is 2.83. The van der Waals surface area contributed by atoms with E-state index in [2.05, 4.69) is 5.32 Å². The third-order valence-corrected chi connectivity index (χ3v) is 4.66. The van der Waals surface area contributed by atoms with Crippen LogP contribution < -0.4 is 15.8 Å². The van der Waals surface area contributed by atoms with Crippen molar-refractivity contribution in [3.8, 4) is 5.75 Å². The molecule has 1 amide bonds. The van der Waals surface area contributed by atoms with Crippen LogP contribution in [0.3, 0.4) is 0 Å². The highest BCUT2D eigenvalue weighted by Gasteiger charge is 2.21. The van der Waals surface area contributed by atoms with Gasteiger partial charge in [0.25, 0.3) is 0 Å². The van der Waals surface area contributed by atoms with Gasteiger partial charge in [-0.1, -0.05) is 42.5 Å². The summed E-state index contributed by atoms with van der Waals surface area (Å²) in [6, 6.07) is 23.3. The molecule has 0 aliphatic carbocycles. The van der Waals surface area contributed by atoms with Gasteiger partial charge in [-0.2, -0.15) is 0 Å². The molecule has 0 fully saturated rings. The average Bonchev–Trinajstić information content (AvgIpc) is 3.09. The highest BCUT2D eigenvalue weighted by Crippen LogP contribution is 2.20. The van der Waals surface area contributed by atoms with Crippen LogP contribution in [0.1, 0.15) is 18.5 Å². The fourth-order valence-electron chi connectivity index (χ4n) is 3.09. The van der Waals surface area contributed by atoms with Gasteiger partial charge in [-0.3, -0.25) is 9.36 Å². The Labute approximate surface area is 167 Å². The van der Waals surface area contributed by atoms with Crippen molar-refractivity contribution in [3.05, 3.63) is 95.0 Å². The summed E-state index contributed by atoms with van der Waals surface area (Å²) in [4.78, 5) is 24.8. The first kappa shape index (κ1) is 18.6. The minimum atomic E-state index is -0.722. The Bertz CT molecular complexity index is 1180. The van der Waals surface area contributed by atoms with Crippen LogP contribution in [0.15, 0.2) is 88.1 Å². The summed E-state index contributed by atoms with van der Waals surface area (Å²) < 4.78 is 12.3. The van der Waals surface area contributed by atoms with Gasteiger partial charge in [-0.25, -0.2) is 4.79 Å². The molecule has 0 spiro atoms. The Morgan fingerprint density at radius 2 is 1.69 bits per heavy atom. The van der Waals surface area contributed by atoms with Gasteiger partial charge in [0, 0.05) is 5.69 Å². The van der Waals surface area contributed by atoms with Crippen molar-refractivity contribution >= 4 is 22.7 Å². The van der Waals surface area contributed by atoms with E-state index in [0.717, 1.165) is 5.56 Å². The standard InChI is InChI=1S/C23H20N2O4/c1-16(25-20-9-5-6-10-21(20)29-23(25)27)22(26)24-18-11-13-19(14-12-18)28-15-17-7-3-2-4-8-17/h2-14,16H,15H2,1H3,(H,24,26). The minimum Gasteiger partial charge on any atom is -0.489 e. The fraction of sp³-hybridized carbons (Fsp3) is 0.130. The molecule has 0 saturated heterocycles. The van der Waals surface area contributed by atoms with Crippen molar-refractivity contribution in [2.45, 2.75) is 19.6 Å². The zero-order chi connectivity index (χ0) is 20.2. The van der Waals surface area contributed by atoms with Crippen LogP contribution in [0.5, 0.6) is 5.75 Å². The monoisotopic (exact) mass is 388 g/mol. The summed E-state index contributed by atoms with van der Waals surface area (Å²) in [5.74, 6) is -0.160. The quantitative estimate of drug-likeness (QED) is 0.532.